The molecule has 0 radical (unpaired) electrons. The van der Waals surface area contributed by atoms with Crippen molar-refractivity contribution in [2.45, 2.75) is 18.0 Å². The highest BCUT2D eigenvalue weighted by Gasteiger charge is 2.69. The third-order valence-electron chi connectivity index (χ3n) is 1.34. The zero-order valence-electron chi connectivity index (χ0n) is 6.03. The molecule has 1 aliphatic rings. The Bertz CT molecular complexity index is 276. The number of rotatable bonds is 0. The molecule has 0 saturated heterocycles. The molecule has 0 bridgehead atoms. The van der Waals surface area contributed by atoms with Crippen LogP contribution in [0.15, 0.2) is 4.99 Å². The van der Waals surface area contributed by atoms with Crippen molar-refractivity contribution in [3.05, 3.63) is 0 Å². The second-order valence-electron chi connectivity index (χ2n) is 2.27. The molecule has 0 saturated carbocycles. The van der Waals surface area contributed by atoms with Crippen molar-refractivity contribution in [2.75, 3.05) is 0 Å². The normalized spacial score (nSPS) is 21.1. The topological polar surface area (TPSA) is 38.7 Å². The van der Waals surface area contributed by atoms with E-state index in [1.165, 1.54) is 0 Å². The zero-order chi connectivity index (χ0) is 11.2. The zero-order valence-corrected chi connectivity index (χ0v) is 6.03. The number of halogens is 6. The molecule has 80 valence electrons. The Morgan fingerprint density at radius 2 is 1.57 bits per heavy atom. The lowest BCUT2D eigenvalue weighted by atomic mass is 10.1. The first-order valence-corrected chi connectivity index (χ1v) is 2.94. The maximum absolute atomic E-state index is 12.0. The van der Waals surface area contributed by atoms with Gasteiger partial charge in [-0.05, 0) is 0 Å². The minimum absolute atomic E-state index is 0.603. The van der Waals surface area contributed by atoms with E-state index in [9.17, 15) is 31.1 Å². The number of alkyl halides is 6. The van der Waals surface area contributed by atoms with Crippen LogP contribution in [-0.4, -0.2) is 30.3 Å². The maximum Gasteiger partial charge on any atom is 0.423 e. The summed E-state index contributed by atoms with van der Waals surface area (Å²) < 4.78 is 74.9. The lowest BCUT2D eigenvalue weighted by Crippen LogP contribution is -2.58. The highest BCUT2D eigenvalue weighted by molar-refractivity contribution is 5.91. The fourth-order valence-electron chi connectivity index (χ4n) is 0.704. The molecule has 0 aromatic carbocycles. The predicted molar refractivity (Wildman–Crippen MR) is 28.8 cm³/mol. The summed E-state index contributed by atoms with van der Waals surface area (Å²) in [7, 11) is 0. The van der Waals surface area contributed by atoms with Gasteiger partial charge in [0.15, 0.2) is 0 Å². The van der Waals surface area contributed by atoms with E-state index in [4.69, 9.17) is 0 Å². The van der Waals surface area contributed by atoms with Gasteiger partial charge in [-0.2, -0.15) is 26.3 Å². The molecule has 0 atom stereocenters. The SMILES string of the molecule is O=C1N=[C-]C(C(F)(F)F)(C(F)(F)F)O1. The molecule has 0 N–H and O–H groups in total. The molecule has 9 heteroatoms. The number of carbonyl (C=O) groups is 1. The molecule has 0 fully saturated rings. The van der Waals surface area contributed by atoms with Crippen molar-refractivity contribution >= 4 is 12.3 Å². The number of carbonyl (C=O) groups excluding carboxylic acids is 1. The van der Waals surface area contributed by atoms with Gasteiger partial charge in [-0.15, -0.1) is 6.21 Å². The summed E-state index contributed by atoms with van der Waals surface area (Å²) >= 11 is 0. The Hall–Kier alpha value is -1.28. The van der Waals surface area contributed by atoms with E-state index in [1.807, 2.05) is 0 Å². The van der Waals surface area contributed by atoms with Crippen molar-refractivity contribution in [2.24, 2.45) is 4.99 Å². The minimum atomic E-state index is -5.83. The first-order chi connectivity index (χ1) is 6.10. The molecule has 1 amide bonds. The van der Waals surface area contributed by atoms with Crippen LogP contribution in [0.3, 0.4) is 0 Å². The second kappa shape index (κ2) is 2.61. The van der Waals surface area contributed by atoms with E-state index in [1.54, 1.807) is 0 Å². The summed E-state index contributed by atoms with van der Waals surface area (Å²) in [5.74, 6) is 0. The summed E-state index contributed by atoms with van der Waals surface area (Å²) in [6, 6.07) is 0. The van der Waals surface area contributed by atoms with E-state index in [-0.39, 0.29) is 0 Å². The van der Waals surface area contributed by atoms with Gasteiger partial charge in [0.1, 0.15) is 0 Å². The molecule has 0 spiro atoms. The van der Waals surface area contributed by atoms with Gasteiger partial charge in [0.05, 0.1) is 0 Å². The van der Waals surface area contributed by atoms with E-state index >= 15 is 0 Å². The van der Waals surface area contributed by atoms with Crippen molar-refractivity contribution < 1.29 is 35.9 Å². The van der Waals surface area contributed by atoms with Gasteiger partial charge in [0.2, 0.25) is 5.60 Å². The molecule has 0 aromatic rings. The quantitative estimate of drug-likeness (QED) is 0.462. The number of aliphatic imine (C=N–C) groups is 1. The average Bonchev–Trinajstić information content (AvgIpc) is 2.28. The van der Waals surface area contributed by atoms with Gasteiger partial charge in [0.25, 0.3) is 6.09 Å². The first-order valence-electron chi connectivity index (χ1n) is 2.94. The number of hydrogen-bond acceptors (Lipinski definition) is 2. The molecular formula is C5F6NO2-. The lowest BCUT2D eigenvalue weighted by Gasteiger charge is -2.35. The number of nitrogens with zero attached hydrogens (tertiary/aromatic N) is 1. The Kier molecular flexibility index (Phi) is 2.01. The Morgan fingerprint density at radius 3 is 1.71 bits per heavy atom. The third-order valence-corrected chi connectivity index (χ3v) is 1.34. The largest absolute Gasteiger partial charge is 0.522 e. The van der Waals surface area contributed by atoms with Crippen LogP contribution in [-0.2, 0) is 4.74 Å². The van der Waals surface area contributed by atoms with Crippen LogP contribution in [0.4, 0.5) is 31.1 Å². The summed E-state index contributed by atoms with van der Waals surface area (Å²) in [4.78, 5) is 12.3. The van der Waals surface area contributed by atoms with Crippen LogP contribution in [0.2, 0.25) is 0 Å². The number of ether oxygens (including phenoxy) is 1. The smallest absolute Gasteiger partial charge is 0.423 e. The molecule has 14 heavy (non-hydrogen) atoms. The van der Waals surface area contributed by atoms with E-state index in [2.05, 4.69) is 9.73 Å². The third kappa shape index (κ3) is 1.32. The van der Waals surface area contributed by atoms with Crippen molar-refractivity contribution in [3.8, 4) is 0 Å². The molecule has 1 rings (SSSR count). The van der Waals surface area contributed by atoms with Gasteiger partial charge in [-0.3, -0.25) is 0 Å². The fourth-order valence-corrected chi connectivity index (χ4v) is 0.704. The fraction of sp³-hybridized carbons (Fsp3) is 0.600. The highest BCUT2D eigenvalue weighted by atomic mass is 19.4. The standard InChI is InChI=1S/C5F6NO2/c6-4(7,8)3(5(9,10)11)1-12-2(13)14-3/q-1. The minimum Gasteiger partial charge on any atom is -0.522 e. The maximum atomic E-state index is 12.0. The van der Waals surface area contributed by atoms with Gasteiger partial charge in [0, 0.05) is 0 Å². The molecule has 0 aliphatic carbocycles. The van der Waals surface area contributed by atoms with Crippen molar-refractivity contribution in [3.63, 3.8) is 0 Å². The number of cyclic esters (lactones) is 1. The van der Waals surface area contributed by atoms with Crippen LogP contribution in [0.25, 0.3) is 0 Å². The summed E-state index contributed by atoms with van der Waals surface area (Å²) in [6.07, 6.45) is -13.0. The van der Waals surface area contributed by atoms with Gasteiger partial charge in [-0.25, -0.2) is 0 Å². The highest BCUT2D eigenvalue weighted by Crippen LogP contribution is 2.46. The van der Waals surface area contributed by atoms with E-state index in [0.29, 0.717) is 6.21 Å². The summed E-state index contributed by atoms with van der Waals surface area (Å²) in [6.45, 7) is 0. The summed E-state index contributed by atoms with van der Waals surface area (Å²) in [5, 5.41) is 0. The molecule has 0 aromatic heterocycles. The molecule has 1 aliphatic heterocycles. The van der Waals surface area contributed by atoms with Crippen molar-refractivity contribution in [1.29, 1.82) is 0 Å². The number of hydrogen-bond donors (Lipinski definition) is 0. The predicted octanol–water partition coefficient (Wildman–Crippen LogP) is 1.95. The number of amides is 1. The van der Waals surface area contributed by atoms with Gasteiger partial charge in [-0.1, -0.05) is 0 Å². The van der Waals surface area contributed by atoms with Crippen molar-refractivity contribution in [1.82, 2.24) is 0 Å². The molecule has 1 heterocycles. The monoisotopic (exact) mass is 220 g/mol. The Labute approximate surface area is 72.4 Å². The van der Waals surface area contributed by atoms with Crippen LogP contribution >= 0.6 is 0 Å². The Balaban J connectivity index is 3.20. The van der Waals surface area contributed by atoms with Crippen LogP contribution < -0.4 is 0 Å². The lowest BCUT2D eigenvalue weighted by molar-refractivity contribution is -0.330. The molecular weight excluding hydrogens is 220 g/mol. The molecule has 3 nitrogen and oxygen atoms in total. The van der Waals surface area contributed by atoms with Gasteiger partial charge >= 0.3 is 12.4 Å². The summed E-state index contributed by atoms with van der Waals surface area (Å²) in [5.41, 5.74) is -4.73. The van der Waals surface area contributed by atoms with Crippen LogP contribution in [0.1, 0.15) is 0 Å². The van der Waals surface area contributed by atoms with Crippen LogP contribution in [0, 0.1) is 0 Å². The average molecular weight is 220 g/mol. The molecule has 0 unspecified atom stereocenters. The first kappa shape index (κ1) is 10.8. The Morgan fingerprint density at radius 1 is 1.14 bits per heavy atom. The second-order valence-corrected chi connectivity index (χ2v) is 2.27. The van der Waals surface area contributed by atoms with E-state index in [0.717, 1.165) is 0 Å². The van der Waals surface area contributed by atoms with Gasteiger partial charge < -0.3 is 14.5 Å². The van der Waals surface area contributed by atoms with Crippen LogP contribution in [0.5, 0.6) is 0 Å². The van der Waals surface area contributed by atoms with E-state index < -0.39 is 24.0 Å².